The van der Waals surface area contributed by atoms with E-state index < -0.39 is 69.2 Å². The Morgan fingerprint density at radius 1 is 0.810 bits per heavy atom. The standard InChI is InChI=1S/C31H22F6N2O3/c1-15-9-16(2)29-26(10-15)39(30(40)21-7-4-18(33)12-24(21)36)28(38-29)14-27(20-6-3-17(32)11-23(20)35)42-31(41)22-8-5-19(34)13-25(22)37/h3-8,11-16H,9-10H2,1-2H3. The summed E-state index contributed by atoms with van der Waals surface area (Å²) in [5, 5.41) is 0. The van der Waals surface area contributed by atoms with Crippen LogP contribution in [0.1, 0.15) is 69.7 Å². The van der Waals surface area contributed by atoms with Crippen LogP contribution in [0.25, 0.3) is 11.8 Å². The lowest BCUT2D eigenvalue weighted by Crippen LogP contribution is -2.23. The molecule has 1 aromatic heterocycles. The number of fused-ring (bicyclic) bond motifs is 1. The molecule has 0 spiro atoms. The molecule has 4 aromatic rings. The van der Waals surface area contributed by atoms with Crippen LogP contribution in [0.3, 0.4) is 0 Å². The number of hydrogen-bond acceptors (Lipinski definition) is 4. The third-order valence-corrected chi connectivity index (χ3v) is 6.97. The number of hydrogen-bond donors (Lipinski definition) is 0. The average Bonchev–Trinajstić information content (AvgIpc) is 3.26. The van der Waals surface area contributed by atoms with Crippen LogP contribution in [0, 0.1) is 40.8 Å². The molecule has 0 saturated carbocycles. The first-order valence-electron chi connectivity index (χ1n) is 12.9. The SMILES string of the molecule is CC1Cc2c(nc(C=C(OC(=O)c3ccc(F)cc3F)c3ccc(F)cc3F)n2C(=O)c2ccc(F)cc2F)C(C)C1. The maximum absolute atomic E-state index is 15.0. The van der Waals surface area contributed by atoms with E-state index in [1.807, 2.05) is 13.8 Å². The zero-order valence-corrected chi connectivity index (χ0v) is 22.2. The lowest BCUT2D eigenvalue weighted by molar-refractivity contribution is 0.0688. The number of benzene rings is 3. The van der Waals surface area contributed by atoms with Crippen LogP contribution < -0.4 is 0 Å². The van der Waals surface area contributed by atoms with Gasteiger partial charge >= 0.3 is 5.97 Å². The normalized spacial score (nSPS) is 16.7. The highest BCUT2D eigenvalue weighted by molar-refractivity contribution is 5.99. The molecule has 0 bridgehead atoms. The molecular weight excluding hydrogens is 562 g/mol. The number of imidazole rings is 1. The minimum absolute atomic E-state index is 0.0962. The Hall–Kier alpha value is -4.67. The van der Waals surface area contributed by atoms with Crippen LogP contribution in [-0.4, -0.2) is 21.4 Å². The van der Waals surface area contributed by atoms with E-state index in [0.717, 1.165) is 47.0 Å². The fourth-order valence-corrected chi connectivity index (χ4v) is 5.10. The fraction of sp³-hybridized carbons (Fsp3) is 0.194. The average molecular weight is 585 g/mol. The molecular formula is C31H22F6N2O3. The van der Waals surface area contributed by atoms with Crippen molar-refractivity contribution in [1.82, 2.24) is 9.55 Å². The summed E-state index contributed by atoms with van der Waals surface area (Å²) in [4.78, 5) is 31.2. The van der Waals surface area contributed by atoms with Crippen LogP contribution in [0.15, 0.2) is 54.6 Å². The van der Waals surface area contributed by atoms with Gasteiger partial charge in [-0.3, -0.25) is 9.36 Å². The quantitative estimate of drug-likeness (QED) is 0.139. The van der Waals surface area contributed by atoms with Crippen LogP contribution in [0.4, 0.5) is 26.3 Å². The second kappa shape index (κ2) is 11.3. The number of halogens is 6. The maximum Gasteiger partial charge on any atom is 0.346 e. The lowest BCUT2D eigenvalue weighted by Gasteiger charge is -2.24. The van der Waals surface area contributed by atoms with Gasteiger partial charge in [0, 0.05) is 35.9 Å². The van der Waals surface area contributed by atoms with E-state index >= 15 is 0 Å². The highest BCUT2D eigenvalue weighted by Crippen LogP contribution is 2.36. The molecule has 0 amide bonds. The summed E-state index contributed by atoms with van der Waals surface area (Å²) in [5.41, 5.74) is -0.681. The summed E-state index contributed by atoms with van der Waals surface area (Å²) >= 11 is 0. The predicted octanol–water partition coefficient (Wildman–Crippen LogP) is 7.45. The molecule has 0 saturated heterocycles. The van der Waals surface area contributed by atoms with Crippen molar-refractivity contribution in [3.8, 4) is 0 Å². The number of aromatic nitrogens is 2. The van der Waals surface area contributed by atoms with Crippen LogP contribution in [-0.2, 0) is 11.2 Å². The van der Waals surface area contributed by atoms with Crippen LogP contribution in [0.2, 0.25) is 0 Å². The molecule has 1 aliphatic rings. The second-order valence-electron chi connectivity index (χ2n) is 10.2. The van der Waals surface area contributed by atoms with Gasteiger partial charge in [0.05, 0.1) is 22.4 Å². The molecule has 1 heterocycles. The van der Waals surface area contributed by atoms with Crippen molar-refractivity contribution in [1.29, 1.82) is 0 Å². The fourth-order valence-electron chi connectivity index (χ4n) is 5.10. The van der Waals surface area contributed by atoms with Gasteiger partial charge in [-0.2, -0.15) is 0 Å². The Bertz CT molecular complexity index is 1760. The molecule has 0 fully saturated rings. The van der Waals surface area contributed by atoms with Crippen molar-refractivity contribution in [3.05, 3.63) is 123 Å². The predicted molar refractivity (Wildman–Crippen MR) is 140 cm³/mol. The van der Waals surface area contributed by atoms with Crippen molar-refractivity contribution in [2.75, 3.05) is 0 Å². The largest absolute Gasteiger partial charge is 0.422 e. The Kier molecular flexibility index (Phi) is 7.77. The first kappa shape index (κ1) is 28.8. The number of esters is 1. The zero-order valence-electron chi connectivity index (χ0n) is 22.2. The topological polar surface area (TPSA) is 61.2 Å². The summed E-state index contributed by atoms with van der Waals surface area (Å²) in [6, 6.07) is 6.92. The number of carbonyl (C=O) groups is 2. The van der Waals surface area contributed by atoms with Gasteiger partial charge < -0.3 is 4.74 Å². The Labute approximate surface area is 236 Å². The van der Waals surface area contributed by atoms with Gasteiger partial charge in [0.2, 0.25) is 0 Å². The Balaban J connectivity index is 1.71. The summed E-state index contributed by atoms with van der Waals surface area (Å²) in [7, 11) is 0. The van der Waals surface area contributed by atoms with Gasteiger partial charge in [-0.25, -0.2) is 36.1 Å². The van der Waals surface area contributed by atoms with E-state index in [4.69, 9.17) is 4.74 Å². The highest BCUT2D eigenvalue weighted by atomic mass is 19.2. The summed E-state index contributed by atoms with van der Waals surface area (Å²) in [6.07, 6.45) is 2.09. The number of ether oxygens (including phenoxy) is 1. The minimum Gasteiger partial charge on any atom is -0.422 e. The van der Waals surface area contributed by atoms with E-state index in [-0.39, 0.29) is 17.7 Å². The molecule has 11 heteroatoms. The van der Waals surface area contributed by atoms with Crippen molar-refractivity contribution < 1.29 is 40.7 Å². The van der Waals surface area contributed by atoms with Crippen LogP contribution in [0.5, 0.6) is 0 Å². The van der Waals surface area contributed by atoms with Crippen molar-refractivity contribution in [2.45, 2.75) is 32.6 Å². The monoisotopic (exact) mass is 584 g/mol. The number of nitrogens with zero attached hydrogens (tertiary/aromatic N) is 2. The van der Waals surface area contributed by atoms with Gasteiger partial charge in [-0.05, 0) is 55.2 Å². The van der Waals surface area contributed by atoms with Gasteiger partial charge in [-0.15, -0.1) is 0 Å². The first-order chi connectivity index (χ1) is 19.9. The van der Waals surface area contributed by atoms with Gasteiger partial charge in [0.15, 0.2) is 0 Å². The maximum atomic E-state index is 15.0. The number of rotatable bonds is 5. The van der Waals surface area contributed by atoms with E-state index in [1.165, 1.54) is 0 Å². The molecule has 2 atom stereocenters. The van der Waals surface area contributed by atoms with Crippen molar-refractivity contribution in [2.24, 2.45) is 5.92 Å². The molecule has 5 nitrogen and oxygen atoms in total. The Morgan fingerprint density at radius 3 is 1.88 bits per heavy atom. The van der Waals surface area contributed by atoms with Crippen LogP contribution >= 0.6 is 0 Å². The van der Waals surface area contributed by atoms with E-state index in [9.17, 15) is 35.9 Å². The van der Waals surface area contributed by atoms with Crippen molar-refractivity contribution >= 4 is 23.7 Å². The lowest BCUT2D eigenvalue weighted by atomic mass is 9.84. The molecule has 216 valence electrons. The highest BCUT2D eigenvalue weighted by Gasteiger charge is 2.32. The molecule has 2 unspecified atom stereocenters. The summed E-state index contributed by atoms with van der Waals surface area (Å²) < 4.78 is 91.2. The third kappa shape index (κ3) is 5.59. The molecule has 5 rings (SSSR count). The van der Waals surface area contributed by atoms with E-state index in [0.29, 0.717) is 42.4 Å². The van der Waals surface area contributed by atoms with Gasteiger partial charge in [0.1, 0.15) is 46.5 Å². The second-order valence-corrected chi connectivity index (χ2v) is 10.2. The minimum atomic E-state index is -1.34. The smallest absolute Gasteiger partial charge is 0.346 e. The zero-order chi connectivity index (χ0) is 30.3. The van der Waals surface area contributed by atoms with Crippen molar-refractivity contribution in [3.63, 3.8) is 0 Å². The summed E-state index contributed by atoms with van der Waals surface area (Å²) in [6.45, 7) is 3.83. The third-order valence-electron chi connectivity index (χ3n) is 6.97. The molecule has 1 aliphatic carbocycles. The van der Waals surface area contributed by atoms with E-state index in [1.54, 1.807) is 0 Å². The summed E-state index contributed by atoms with van der Waals surface area (Å²) in [5.74, 6) is -9.41. The van der Waals surface area contributed by atoms with Gasteiger partial charge in [-0.1, -0.05) is 13.8 Å². The molecule has 0 aliphatic heterocycles. The number of carbonyl (C=O) groups excluding carboxylic acids is 2. The van der Waals surface area contributed by atoms with E-state index in [2.05, 4.69) is 4.98 Å². The molecule has 42 heavy (non-hydrogen) atoms. The Morgan fingerprint density at radius 2 is 1.33 bits per heavy atom. The molecule has 0 N–H and O–H groups in total. The first-order valence-corrected chi connectivity index (χ1v) is 12.9. The van der Waals surface area contributed by atoms with Gasteiger partial charge in [0.25, 0.3) is 5.91 Å². The molecule has 3 aromatic carbocycles. The molecule has 0 radical (unpaired) electrons.